The average Bonchev–Trinajstić information content (AvgIpc) is 2.93. The maximum Gasteiger partial charge on any atom is 0.180 e. The van der Waals surface area contributed by atoms with Gasteiger partial charge < -0.3 is 0 Å². The number of carbonyl (C=O) groups is 1. The van der Waals surface area contributed by atoms with Crippen molar-refractivity contribution in [3.8, 4) is 11.3 Å². The normalized spacial score (nSPS) is 12.5. The summed E-state index contributed by atoms with van der Waals surface area (Å²) in [5.41, 5.74) is 4.60. The molecule has 0 radical (unpaired) electrons. The van der Waals surface area contributed by atoms with Gasteiger partial charge in [0.1, 0.15) is 5.69 Å². The van der Waals surface area contributed by atoms with Crippen molar-refractivity contribution < 1.29 is 4.79 Å². The molecule has 2 heterocycles. The van der Waals surface area contributed by atoms with Crippen molar-refractivity contribution in [3.63, 3.8) is 0 Å². The second-order valence-corrected chi connectivity index (χ2v) is 6.55. The van der Waals surface area contributed by atoms with E-state index in [2.05, 4.69) is 30.0 Å². The van der Waals surface area contributed by atoms with Crippen molar-refractivity contribution in [3.05, 3.63) is 47.8 Å². The van der Waals surface area contributed by atoms with Crippen molar-refractivity contribution >= 4 is 16.7 Å². The number of nitrogens with zero attached hydrogens (tertiary/aromatic N) is 3. The zero-order valence-corrected chi connectivity index (χ0v) is 14.7. The van der Waals surface area contributed by atoms with E-state index in [0.717, 1.165) is 40.7 Å². The molecule has 0 fully saturated rings. The largest absolute Gasteiger partial charge is 0.293 e. The quantitative estimate of drug-likeness (QED) is 0.642. The molecule has 1 aromatic carbocycles. The predicted molar refractivity (Wildman–Crippen MR) is 97.2 cm³/mol. The van der Waals surface area contributed by atoms with E-state index in [1.165, 1.54) is 0 Å². The Bertz CT molecular complexity index is 878. The molecule has 124 valence electrons. The Labute approximate surface area is 142 Å². The summed E-state index contributed by atoms with van der Waals surface area (Å²) in [6.45, 7) is 8.79. The number of hydrogen-bond acceptors (Lipinski definition) is 3. The molecule has 0 aliphatic heterocycles. The lowest BCUT2D eigenvalue weighted by atomic mass is 10.1. The molecule has 0 saturated carbocycles. The van der Waals surface area contributed by atoms with Crippen LogP contribution in [0.1, 0.15) is 43.2 Å². The first-order valence-electron chi connectivity index (χ1n) is 8.44. The van der Waals surface area contributed by atoms with Crippen LogP contribution in [-0.4, -0.2) is 20.5 Å². The Morgan fingerprint density at radius 2 is 2.04 bits per heavy atom. The van der Waals surface area contributed by atoms with Gasteiger partial charge in [-0.2, -0.15) is 5.10 Å². The molecule has 0 spiro atoms. The van der Waals surface area contributed by atoms with Crippen molar-refractivity contribution in [2.45, 2.75) is 40.7 Å². The van der Waals surface area contributed by atoms with Crippen LogP contribution < -0.4 is 0 Å². The van der Waals surface area contributed by atoms with Gasteiger partial charge in [-0.1, -0.05) is 32.4 Å². The van der Waals surface area contributed by atoms with Gasteiger partial charge in [-0.05, 0) is 36.6 Å². The highest BCUT2D eigenvalue weighted by molar-refractivity contribution is 6.05. The maximum atomic E-state index is 12.0. The van der Waals surface area contributed by atoms with Gasteiger partial charge in [0.15, 0.2) is 5.78 Å². The van der Waals surface area contributed by atoms with Crippen LogP contribution in [0.15, 0.2) is 36.5 Å². The van der Waals surface area contributed by atoms with E-state index in [4.69, 9.17) is 0 Å². The van der Waals surface area contributed by atoms with Crippen molar-refractivity contribution in [2.75, 3.05) is 0 Å². The average molecular weight is 321 g/mol. The topological polar surface area (TPSA) is 47.8 Å². The number of ketones is 1. The van der Waals surface area contributed by atoms with Crippen LogP contribution in [0.4, 0.5) is 0 Å². The fourth-order valence-electron chi connectivity index (χ4n) is 2.80. The third kappa shape index (κ3) is 3.09. The van der Waals surface area contributed by atoms with Crippen LogP contribution in [0.5, 0.6) is 0 Å². The molecule has 0 aliphatic carbocycles. The van der Waals surface area contributed by atoms with E-state index >= 15 is 0 Å². The second kappa shape index (κ2) is 6.56. The molecule has 0 aliphatic rings. The zero-order chi connectivity index (χ0) is 17.3. The third-order valence-corrected chi connectivity index (χ3v) is 4.47. The summed E-state index contributed by atoms with van der Waals surface area (Å²) in [6.07, 6.45) is 2.94. The Balaban J connectivity index is 2.12. The van der Waals surface area contributed by atoms with Gasteiger partial charge in [-0.25, -0.2) is 0 Å². The SMILES string of the molecule is CCC(C)Cn1nc(C(C)=O)c2cc(-c3ccc(C)cn3)ccc21. The minimum atomic E-state index is -0.00285. The number of fused-ring (bicyclic) bond motifs is 1. The lowest BCUT2D eigenvalue weighted by Crippen LogP contribution is -2.08. The minimum Gasteiger partial charge on any atom is -0.293 e. The molecule has 0 amide bonds. The van der Waals surface area contributed by atoms with Crippen LogP contribution >= 0.6 is 0 Å². The van der Waals surface area contributed by atoms with Crippen LogP contribution in [0.2, 0.25) is 0 Å². The van der Waals surface area contributed by atoms with Crippen LogP contribution in [0.25, 0.3) is 22.2 Å². The minimum absolute atomic E-state index is 0.00285. The third-order valence-electron chi connectivity index (χ3n) is 4.47. The van der Waals surface area contributed by atoms with Crippen molar-refractivity contribution in [1.82, 2.24) is 14.8 Å². The van der Waals surface area contributed by atoms with E-state index in [-0.39, 0.29) is 5.78 Å². The predicted octanol–water partition coefficient (Wildman–Crippen LogP) is 4.66. The highest BCUT2D eigenvalue weighted by Crippen LogP contribution is 2.27. The summed E-state index contributed by atoms with van der Waals surface area (Å²) >= 11 is 0. The fourth-order valence-corrected chi connectivity index (χ4v) is 2.80. The summed E-state index contributed by atoms with van der Waals surface area (Å²) in [7, 11) is 0. The van der Waals surface area contributed by atoms with E-state index in [9.17, 15) is 4.79 Å². The molecular weight excluding hydrogens is 298 g/mol. The van der Waals surface area contributed by atoms with Gasteiger partial charge >= 0.3 is 0 Å². The Kier molecular flexibility index (Phi) is 4.47. The molecule has 24 heavy (non-hydrogen) atoms. The number of pyridine rings is 1. The molecule has 3 rings (SSSR count). The molecule has 3 aromatic rings. The lowest BCUT2D eigenvalue weighted by Gasteiger charge is -2.09. The van der Waals surface area contributed by atoms with Crippen LogP contribution in [0, 0.1) is 12.8 Å². The Morgan fingerprint density at radius 3 is 2.67 bits per heavy atom. The summed E-state index contributed by atoms with van der Waals surface area (Å²) in [5.74, 6) is 0.517. The van der Waals surface area contributed by atoms with Gasteiger partial charge in [0.25, 0.3) is 0 Å². The second-order valence-electron chi connectivity index (χ2n) is 6.55. The molecule has 0 N–H and O–H groups in total. The highest BCUT2D eigenvalue weighted by atomic mass is 16.1. The molecule has 0 bridgehead atoms. The fraction of sp³-hybridized carbons (Fsp3) is 0.350. The number of aryl methyl sites for hydroxylation is 1. The number of benzene rings is 1. The highest BCUT2D eigenvalue weighted by Gasteiger charge is 2.16. The lowest BCUT2D eigenvalue weighted by molar-refractivity contribution is 0.101. The molecule has 4 heteroatoms. The molecule has 2 aromatic heterocycles. The van der Waals surface area contributed by atoms with Crippen molar-refractivity contribution in [2.24, 2.45) is 5.92 Å². The summed E-state index contributed by atoms with van der Waals surface area (Å²) in [5, 5.41) is 5.48. The standard InChI is InChI=1S/C20H23N3O/c1-5-13(2)12-23-19-9-7-16(18-8-6-14(3)11-21-18)10-17(19)20(22-23)15(4)24/h6-11,13H,5,12H2,1-4H3. The summed E-state index contributed by atoms with van der Waals surface area (Å²) in [4.78, 5) is 16.5. The van der Waals surface area contributed by atoms with E-state index in [1.807, 2.05) is 42.1 Å². The zero-order valence-electron chi connectivity index (χ0n) is 14.7. The first-order chi connectivity index (χ1) is 11.5. The van der Waals surface area contributed by atoms with Gasteiger partial charge in [0.05, 0.1) is 11.2 Å². The monoisotopic (exact) mass is 321 g/mol. The number of rotatable bonds is 5. The molecular formula is C20H23N3O. The first-order valence-corrected chi connectivity index (χ1v) is 8.44. The van der Waals surface area contributed by atoms with Gasteiger partial charge in [-0.3, -0.25) is 14.5 Å². The van der Waals surface area contributed by atoms with Crippen molar-refractivity contribution in [1.29, 1.82) is 0 Å². The van der Waals surface area contributed by atoms with Gasteiger partial charge in [0, 0.05) is 30.6 Å². The number of hydrogen-bond donors (Lipinski definition) is 0. The van der Waals surface area contributed by atoms with Gasteiger partial charge in [0.2, 0.25) is 0 Å². The van der Waals surface area contributed by atoms with Gasteiger partial charge in [-0.15, -0.1) is 0 Å². The smallest absolute Gasteiger partial charge is 0.180 e. The maximum absolute atomic E-state index is 12.0. The van der Waals surface area contributed by atoms with Crippen LogP contribution in [0.3, 0.4) is 0 Å². The summed E-state index contributed by atoms with van der Waals surface area (Å²) < 4.78 is 1.96. The Morgan fingerprint density at radius 1 is 1.25 bits per heavy atom. The van der Waals surface area contributed by atoms with E-state index in [0.29, 0.717) is 11.6 Å². The first kappa shape index (κ1) is 16.4. The molecule has 1 unspecified atom stereocenters. The Hall–Kier alpha value is -2.49. The number of Topliss-reactive ketones (excluding diaryl/α,β-unsaturated/α-hetero) is 1. The van der Waals surface area contributed by atoms with Crippen LogP contribution in [-0.2, 0) is 6.54 Å². The molecule has 4 nitrogen and oxygen atoms in total. The van der Waals surface area contributed by atoms with E-state index < -0.39 is 0 Å². The number of aromatic nitrogens is 3. The van der Waals surface area contributed by atoms with E-state index in [1.54, 1.807) is 6.92 Å². The molecule has 1 atom stereocenters. The molecule has 0 saturated heterocycles. The summed E-state index contributed by atoms with van der Waals surface area (Å²) in [6, 6.07) is 10.2. The number of carbonyl (C=O) groups excluding carboxylic acids is 1.